The maximum absolute atomic E-state index is 12.4. The third kappa shape index (κ3) is 65.9. The van der Waals surface area contributed by atoms with Crippen LogP contribution in [0.2, 0.25) is 287 Å². The molecule has 0 aliphatic rings. The molecule has 0 unspecified atom stereocenters. The summed E-state index contributed by atoms with van der Waals surface area (Å²) in [6.07, 6.45) is 2.57. The first-order valence-corrected chi connectivity index (χ1v) is 93.1. The summed E-state index contributed by atoms with van der Waals surface area (Å²) in [5.41, 5.74) is 0.781. The van der Waals surface area contributed by atoms with Crippen LogP contribution in [0.4, 0.5) is 0 Å². The van der Waals surface area contributed by atoms with E-state index in [-0.39, 0.29) is 123 Å². The predicted molar refractivity (Wildman–Crippen MR) is 459 cm³/mol. The number of allylic oxidation sites excluding steroid dienone is 1. The minimum Gasteiger partial charge on any atom is -1.00 e. The van der Waals surface area contributed by atoms with E-state index in [2.05, 4.69) is 249 Å². The van der Waals surface area contributed by atoms with Crippen LogP contribution in [0.3, 0.4) is 0 Å². The average Bonchev–Trinajstić information content (AvgIpc) is 3.17. The molecule has 0 radical (unpaired) electrons. The molecule has 0 saturated carbocycles. The summed E-state index contributed by atoms with van der Waals surface area (Å²) < 4.78 is 133. The van der Waals surface area contributed by atoms with E-state index in [1.807, 2.05) is 39.3 Å². The Morgan fingerprint density at radius 3 is 0.559 bits per heavy atom. The van der Waals surface area contributed by atoms with Gasteiger partial charge in [0.1, 0.15) is 0 Å². The van der Waals surface area contributed by atoms with E-state index < -0.39 is 176 Å². The van der Waals surface area contributed by atoms with E-state index in [0.29, 0.717) is 35.9 Å². The molecule has 102 heavy (non-hydrogen) atoms. The quantitative estimate of drug-likeness (QED) is 0.0105. The second-order valence-electron chi connectivity index (χ2n) is 37.4. The van der Waals surface area contributed by atoms with E-state index in [0.717, 1.165) is 0 Å². The summed E-state index contributed by atoms with van der Waals surface area (Å²) in [7, 11) is -54.9. The number of carbonyl (C=O) groups excluding carboxylic acids is 2. The Labute approximate surface area is 733 Å². The van der Waals surface area contributed by atoms with Crippen molar-refractivity contribution in [3.8, 4) is 0 Å². The van der Waals surface area contributed by atoms with Gasteiger partial charge in [0.2, 0.25) is 0 Å². The first-order chi connectivity index (χ1) is 42.4. The molecule has 0 fully saturated rings. The van der Waals surface area contributed by atoms with Gasteiger partial charge < -0.3 is 113 Å². The van der Waals surface area contributed by atoms with Crippen molar-refractivity contribution in [2.24, 2.45) is 0 Å². The largest absolute Gasteiger partial charge is 1.00 e. The molecule has 0 spiro atoms. The van der Waals surface area contributed by atoms with Gasteiger partial charge in [-0.1, -0.05) is 13.5 Å². The number of ether oxygens (including phenoxy) is 1. The third-order valence-corrected chi connectivity index (χ3v) is 75.7. The van der Waals surface area contributed by atoms with Gasteiger partial charge in [0, 0.05) is 62.8 Å². The Morgan fingerprint density at radius 2 is 0.451 bits per heavy atom. The fourth-order valence-corrected chi connectivity index (χ4v) is 94.0. The van der Waals surface area contributed by atoms with Crippen molar-refractivity contribution in [1.29, 1.82) is 0 Å². The first-order valence-electron chi connectivity index (χ1n) is 34.4. The van der Waals surface area contributed by atoms with Gasteiger partial charge >= 0.3 is 157 Å². The zero-order valence-electron chi connectivity index (χ0n) is 73.4. The van der Waals surface area contributed by atoms with Crippen LogP contribution < -0.4 is 105 Å². The summed E-state index contributed by atoms with van der Waals surface area (Å²) >= 11 is 6.40. The standard InChI is InChI=1S/C28H74O11Si10.C24H69ClO9Si10.C4H5O.HI.K.Na.H2O/c1-27(2)28(29)30-25-24-26-49(37-46(21,31-40(3,4)5)32-41(6,7)8,38-47(22,33-42(9,10)11)34-43(12,13)14)39-48(23,35-44(15,16)17)36-45(18,19)20;1-35(2,3)26-41(19,27-36(4,5)6)32-44(24-22-23-25,33-42(20,28-37(7,8)9)29-38(10,11)12)34-43(21,30-39(13,14)15)31-40(16,17)18;1-4(2)3-5;;;;/h1,24-26H2,2-23H3;22-24H2,1-21H3;1H2,2H3;1H;;;1H2/q;;-1;;2*+1;/p-2. The minimum absolute atomic E-state index is 0. The van der Waals surface area contributed by atoms with Crippen molar-refractivity contribution in [2.75, 3.05) is 12.5 Å². The molecule has 0 aliphatic heterocycles. The molecule has 0 saturated heterocycles. The van der Waals surface area contributed by atoms with E-state index in [4.69, 9.17) is 90.4 Å². The van der Waals surface area contributed by atoms with Crippen LogP contribution in [-0.2, 0) is 88.4 Å². The Balaban J connectivity index is -0.000000321. The number of rotatable bonds is 45. The molecule has 602 valence electrons. The minimum atomic E-state index is -4.04. The molecular weight excluding hydrogens is 1810 g/mol. The maximum Gasteiger partial charge on any atom is 1.00 e. The van der Waals surface area contributed by atoms with Crippen LogP contribution in [0.1, 0.15) is 26.7 Å². The van der Waals surface area contributed by atoms with Gasteiger partial charge in [0.15, 0.2) is 99.8 Å². The summed E-state index contributed by atoms with van der Waals surface area (Å²) in [6, 6.07) is 0.700. The van der Waals surface area contributed by atoms with Crippen LogP contribution in [0.25, 0.3) is 0 Å². The fraction of sp³-hybridized carbons (Fsp3) is 0.893. The number of carbonyl (C=O) groups is 1. The van der Waals surface area contributed by atoms with Gasteiger partial charge in [0.05, 0.1) is 6.61 Å². The van der Waals surface area contributed by atoms with Gasteiger partial charge in [0.25, 0.3) is 0 Å². The van der Waals surface area contributed by atoms with Crippen molar-refractivity contribution in [3.63, 3.8) is 0 Å². The second-order valence-corrected chi connectivity index (χ2v) is 117. The topological polar surface area (TPSA) is 240 Å². The first kappa shape index (κ1) is 121. The molecule has 0 aromatic heterocycles. The molecule has 0 heterocycles. The Hall–Kier alpha value is 5.85. The zero-order chi connectivity index (χ0) is 79.1. The summed E-state index contributed by atoms with van der Waals surface area (Å²) in [4.78, 5) is 21.7. The van der Waals surface area contributed by atoms with Crippen molar-refractivity contribution < 1.29 is 199 Å². The van der Waals surface area contributed by atoms with Crippen molar-refractivity contribution in [2.45, 2.75) is 314 Å². The molecule has 0 aromatic rings. The third-order valence-electron chi connectivity index (χ3n) is 9.94. The van der Waals surface area contributed by atoms with Crippen molar-refractivity contribution >= 4 is 194 Å². The van der Waals surface area contributed by atoms with Gasteiger partial charge in [-0.2, -0.15) is 5.57 Å². The molecule has 0 aromatic carbocycles. The van der Waals surface area contributed by atoms with E-state index in [9.17, 15) is 9.59 Å². The molecule has 0 atom stereocenters. The normalized spacial score (nSPS) is 14.3. The van der Waals surface area contributed by atoms with Crippen LogP contribution in [0.15, 0.2) is 24.3 Å². The van der Waals surface area contributed by atoms with Gasteiger partial charge in [-0.25, -0.2) is 11.4 Å². The van der Waals surface area contributed by atoms with Crippen LogP contribution in [0, 0.1) is 0 Å². The smallest absolute Gasteiger partial charge is 1.00 e. The monoisotopic (exact) mass is 1960 g/mol. The zero-order valence-corrected chi connectivity index (χ0v) is 101. The summed E-state index contributed by atoms with van der Waals surface area (Å²) in [5.74, 6) is -0.0401. The van der Waals surface area contributed by atoms with Crippen LogP contribution in [-0.4, -0.2) is 200 Å². The number of hydrogen-bond donors (Lipinski definition) is 0. The molecule has 0 amide bonds. The molecular formula is C56H149ClIKNaO22Si20-. The molecule has 0 bridgehead atoms. The van der Waals surface area contributed by atoms with E-state index >= 15 is 0 Å². The summed E-state index contributed by atoms with van der Waals surface area (Å²) in [6.45, 7) is 99.2. The van der Waals surface area contributed by atoms with Gasteiger partial charge in [-0.05, 0) is 262 Å². The SMILES string of the molecule is C=C(C)C(=O)OCCC[Si](O[Si](C)(O[Si](C)(C)C)O[Si](C)(C)C)(O[Si](C)(O[Si](C)(C)C)O[Si](C)(C)C)O[Si](C)(O[Si](C)(C)C)O[Si](C)(C)C.C=C(C)[C-]=O.C[Si](C)(C)O[Si](C)(O[Si](C)(C)C)O[Si](CCCCl)(O[Si](C)(O[Si](C)(C)C)O[Si](C)(C)C)O[Si](C)(O[Si](C)(C)C)O[Si](C)(C)C.[I-].[K+].[Na+].[OH-]. The second kappa shape index (κ2) is 46.3. The van der Waals surface area contributed by atoms with Crippen molar-refractivity contribution in [1.82, 2.24) is 0 Å². The van der Waals surface area contributed by atoms with Crippen LogP contribution >= 0.6 is 11.6 Å². The molecule has 1 N–H and O–H groups in total. The predicted octanol–water partition coefficient (Wildman–Crippen LogP) is 10.2. The summed E-state index contributed by atoms with van der Waals surface area (Å²) in [5, 5.41) is 0. The van der Waals surface area contributed by atoms with E-state index in [1.54, 1.807) is 20.1 Å². The van der Waals surface area contributed by atoms with Gasteiger partial charge in [-0.15, -0.1) is 11.6 Å². The number of hydrogen-bond acceptors (Lipinski definition) is 22. The van der Waals surface area contributed by atoms with E-state index in [1.165, 1.54) is 0 Å². The Kier molecular flexibility index (Phi) is 54.9. The molecule has 0 aliphatic carbocycles. The average molecular weight is 1960 g/mol. The Bertz CT molecular complexity index is 2160. The van der Waals surface area contributed by atoms with Gasteiger partial charge in [-0.3, -0.25) is 0 Å². The number of esters is 1. The van der Waals surface area contributed by atoms with Crippen LogP contribution in [0.5, 0.6) is 0 Å². The number of alkyl halides is 1. The molecule has 46 heteroatoms. The molecule has 0 rings (SSSR count). The maximum atomic E-state index is 12.4. The Morgan fingerprint density at radius 1 is 0.314 bits per heavy atom. The molecule has 22 nitrogen and oxygen atoms in total. The number of halogens is 2. The van der Waals surface area contributed by atoms with Crippen molar-refractivity contribution in [3.05, 3.63) is 24.3 Å². The fourth-order valence-electron chi connectivity index (χ4n) is 10.0.